The molecule has 0 spiro atoms. The molecule has 0 aliphatic carbocycles. The molecular weight excluding hydrogens is 220 g/mol. The Hall–Kier alpha value is 0.290. The van der Waals surface area contributed by atoms with Gasteiger partial charge in [-0.2, -0.15) is 23.5 Å². The Balaban J connectivity index is 1.85. The molecule has 5 heteroatoms. The maximum absolute atomic E-state index is 11.9. The minimum Gasteiger partial charge on any atom is -0.369 e. The number of Topliss-reactive ketones (excluding diaryl/α,β-unsaturated/α-hetero) is 1. The molecule has 0 aromatic rings. The van der Waals surface area contributed by atoms with Crippen LogP contribution in [0.15, 0.2) is 0 Å². The molecule has 2 fully saturated rings. The van der Waals surface area contributed by atoms with Gasteiger partial charge < -0.3 is 9.47 Å². The average Bonchev–Trinajstić information content (AvgIpc) is 2.30. The molecule has 0 aromatic heterocycles. The Morgan fingerprint density at radius 2 is 1.50 bits per heavy atom. The van der Waals surface area contributed by atoms with E-state index in [9.17, 15) is 4.79 Å². The van der Waals surface area contributed by atoms with Gasteiger partial charge in [0, 0.05) is 23.0 Å². The second kappa shape index (κ2) is 5.39. The Labute approximate surface area is 92.3 Å². The minimum absolute atomic E-state index is 0.143. The van der Waals surface area contributed by atoms with Crippen LogP contribution in [-0.4, -0.2) is 54.2 Å². The first-order valence-corrected chi connectivity index (χ1v) is 7.11. The van der Waals surface area contributed by atoms with E-state index in [1.807, 2.05) is 0 Å². The highest BCUT2D eigenvalue weighted by Crippen LogP contribution is 2.19. The molecule has 0 N–H and O–H groups in total. The number of thioether (sulfide) groups is 2. The molecule has 2 atom stereocenters. The summed E-state index contributed by atoms with van der Waals surface area (Å²) in [5.74, 6) is 3.74. The standard InChI is InChI=1S/C9H14O3S2/c10-9(7-5-13-3-1-11-7)8-6-14-4-2-12-8/h7-8H,1-6H2. The summed E-state index contributed by atoms with van der Waals surface area (Å²) in [6.07, 6.45) is -0.449. The first kappa shape index (κ1) is 10.8. The predicted molar refractivity (Wildman–Crippen MR) is 59.1 cm³/mol. The number of ketones is 1. The minimum atomic E-state index is -0.225. The fourth-order valence-electron chi connectivity index (χ4n) is 1.51. The molecule has 2 saturated heterocycles. The van der Waals surface area contributed by atoms with Crippen LogP contribution in [-0.2, 0) is 14.3 Å². The second-order valence-corrected chi connectivity index (χ2v) is 5.57. The summed E-state index contributed by atoms with van der Waals surface area (Å²) in [5.41, 5.74) is 0. The van der Waals surface area contributed by atoms with Crippen LogP contribution >= 0.6 is 23.5 Å². The van der Waals surface area contributed by atoms with E-state index < -0.39 is 0 Å². The second-order valence-electron chi connectivity index (χ2n) is 3.27. The zero-order valence-corrected chi connectivity index (χ0v) is 9.57. The van der Waals surface area contributed by atoms with Gasteiger partial charge in [-0.1, -0.05) is 0 Å². The Kier molecular flexibility index (Phi) is 4.16. The molecule has 3 nitrogen and oxygen atoms in total. The van der Waals surface area contributed by atoms with Crippen molar-refractivity contribution >= 4 is 29.3 Å². The predicted octanol–water partition coefficient (Wildman–Crippen LogP) is 0.819. The molecule has 14 heavy (non-hydrogen) atoms. The summed E-state index contributed by atoms with van der Waals surface area (Å²) in [5, 5.41) is 0. The van der Waals surface area contributed by atoms with Crippen LogP contribution in [0, 0.1) is 0 Å². The van der Waals surface area contributed by atoms with Gasteiger partial charge in [-0.25, -0.2) is 0 Å². The van der Waals surface area contributed by atoms with Crippen molar-refractivity contribution in [3.05, 3.63) is 0 Å². The largest absolute Gasteiger partial charge is 0.369 e. The Morgan fingerprint density at radius 3 is 1.86 bits per heavy atom. The van der Waals surface area contributed by atoms with Crippen LogP contribution in [0.3, 0.4) is 0 Å². The van der Waals surface area contributed by atoms with Gasteiger partial charge in [0.25, 0.3) is 0 Å². The zero-order valence-electron chi connectivity index (χ0n) is 7.94. The van der Waals surface area contributed by atoms with E-state index in [-0.39, 0.29) is 18.0 Å². The number of carbonyl (C=O) groups is 1. The van der Waals surface area contributed by atoms with Gasteiger partial charge >= 0.3 is 0 Å². The van der Waals surface area contributed by atoms with Crippen molar-refractivity contribution in [1.82, 2.24) is 0 Å². The quantitative estimate of drug-likeness (QED) is 0.707. The van der Waals surface area contributed by atoms with Crippen molar-refractivity contribution in [2.45, 2.75) is 12.2 Å². The van der Waals surface area contributed by atoms with E-state index in [4.69, 9.17) is 9.47 Å². The van der Waals surface area contributed by atoms with Crippen LogP contribution in [0.25, 0.3) is 0 Å². The third kappa shape index (κ3) is 2.66. The van der Waals surface area contributed by atoms with Crippen LogP contribution in [0.5, 0.6) is 0 Å². The summed E-state index contributed by atoms with van der Waals surface area (Å²) in [6.45, 7) is 1.39. The van der Waals surface area contributed by atoms with E-state index in [1.54, 1.807) is 23.5 Å². The Bertz CT molecular complexity index is 178. The van der Waals surface area contributed by atoms with E-state index in [0.29, 0.717) is 13.2 Å². The highest BCUT2D eigenvalue weighted by molar-refractivity contribution is 7.99. The number of rotatable bonds is 2. The number of hydrogen-bond acceptors (Lipinski definition) is 5. The van der Waals surface area contributed by atoms with Crippen LogP contribution in [0.4, 0.5) is 0 Å². The monoisotopic (exact) mass is 234 g/mol. The molecule has 80 valence electrons. The van der Waals surface area contributed by atoms with Crippen molar-refractivity contribution < 1.29 is 14.3 Å². The highest BCUT2D eigenvalue weighted by Gasteiger charge is 2.31. The molecule has 2 heterocycles. The Morgan fingerprint density at radius 1 is 1.00 bits per heavy atom. The molecule has 0 radical (unpaired) electrons. The average molecular weight is 234 g/mol. The van der Waals surface area contributed by atoms with Gasteiger partial charge in [-0.15, -0.1) is 0 Å². The van der Waals surface area contributed by atoms with Crippen molar-refractivity contribution in [3.63, 3.8) is 0 Å². The molecule has 2 aliphatic heterocycles. The van der Waals surface area contributed by atoms with Crippen LogP contribution < -0.4 is 0 Å². The van der Waals surface area contributed by atoms with Gasteiger partial charge in [0.2, 0.25) is 0 Å². The van der Waals surface area contributed by atoms with E-state index in [2.05, 4.69) is 0 Å². The normalized spacial score (nSPS) is 34.0. The molecule has 0 amide bonds. The summed E-state index contributed by atoms with van der Waals surface area (Å²) in [6, 6.07) is 0. The van der Waals surface area contributed by atoms with Gasteiger partial charge in [-0.05, 0) is 0 Å². The van der Waals surface area contributed by atoms with Crippen molar-refractivity contribution in [3.8, 4) is 0 Å². The SMILES string of the molecule is O=C(C1CSCCO1)C1CSCCO1. The lowest BCUT2D eigenvalue weighted by atomic mass is 10.1. The summed E-state index contributed by atoms with van der Waals surface area (Å²) in [4.78, 5) is 11.9. The first-order chi connectivity index (χ1) is 6.88. The lowest BCUT2D eigenvalue weighted by molar-refractivity contribution is -0.139. The third-order valence-electron chi connectivity index (χ3n) is 2.27. The lowest BCUT2D eigenvalue weighted by Gasteiger charge is -2.27. The maximum Gasteiger partial charge on any atom is 0.191 e. The van der Waals surface area contributed by atoms with Crippen molar-refractivity contribution in [2.24, 2.45) is 0 Å². The summed E-state index contributed by atoms with van der Waals surface area (Å²) >= 11 is 3.57. The van der Waals surface area contributed by atoms with Crippen LogP contribution in [0.1, 0.15) is 0 Å². The third-order valence-corrected chi connectivity index (χ3v) is 4.25. The van der Waals surface area contributed by atoms with E-state index >= 15 is 0 Å². The molecule has 0 bridgehead atoms. The molecule has 2 unspecified atom stereocenters. The fraction of sp³-hybridized carbons (Fsp3) is 0.889. The molecule has 0 saturated carbocycles. The zero-order chi connectivity index (χ0) is 9.80. The topological polar surface area (TPSA) is 35.5 Å². The molecular formula is C9H14O3S2. The van der Waals surface area contributed by atoms with Crippen molar-refractivity contribution in [1.29, 1.82) is 0 Å². The van der Waals surface area contributed by atoms with Gasteiger partial charge in [0.1, 0.15) is 12.2 Å². The number of carbonyl (C=O) groups excluding carboxylic acids is 1. The summed E-state index contributed by atoms with van der Waals surface area (Å²) < 4.78 is 10.9. The first-order valence-electron chi connectivity index (χ1n) is 4.80. The lowest BCUT2D eigenvalue weighted by Crippen LogP contribution is -2.42. The summed E-state index contributed by atoms with van der Waals surface area (Å²) in [7, 11) is 0. The van der Waals surface area contributed by atoms with E-state index in [0.717, 1.165) is 23.0 Å². The smallest absolute Gasteiger partial charge is 0.191 e. The van der Waals surface area contributed by atoms with Gasteiger partial charge in [0.05, 0.1) is 13.2 Å². The van der Waals surface area contributed by atoms with Crippen LogP contribution in [0.2, 0.25) is 0 Å². The number of hydrogen-bond donors (Lipinski definition) is 0. The molecule has 0 aromatic carbocycles. The fourth-order valence-corrected chi connectivity index (χ4v) is 3.22. The van der Waals surface area contributed by atoms with Gasteiger partial charge in [0.15, 0.2) is 5.78 Å². The molecule has 2 rings (SSSR count). The maximum atomic E-state index is 11.9. The highest BCUT2D eigenvalue weighted by atomic mass is 32.2. The van der Waals surface area contributed by atoms with Crippen molar-refractivity contribution in [2.75, 3.05) is 36.2 Å². The van der Waals surface area contributed by atoms with Gasteiger partial charge in [-0.3, -0.25) is 4.79 Å². The molecule has 2 aliphatic rings. The van der Waals surface area contributed by atoms with E-state index in [1.165, 1.54) is 0 Å². The number of ether oxygens (including phenoxy) is 2.